The lowest BCUT2D eigenvalue weighted by Crippen LogP contribution is -2.18. The highest BCUT2D eigenvalue weighted by atomic mass is 32.2. The molecule has 1 aromatic rings. The Hall–Kier alpha value is -1.03. The van der Waals surface area contributed by atoms with Gasteiger partial charge in [-0.1, -0.05) is 0 Å². The first-order chi connectivity index (χ1) is 6.75. The van der Waals surface area contributed by atoms with Gasteiger partial charge in [-0.2, -0.15) is 11.8 Å². The van der Waals surface area contributed by atoms with Crippen molar-refractivity contribution in [3.63, 3.8) is 0 Å². The van der Waals surface area contributed by atoms with Crippen LogP contribution in [0.15, 0.2) is 18.2 Å². The van der Waals surface area contributed by atoms with E-state index in [0.29, 0.717) is 17.4 Å². The molecule has 4 heteroatoms. The molecule has 0 bridgehead atoms. The van der Waals surface area contributed by atoms with Gasteiger partial charge in [0, 0.05) is 17.5 Å². The first kappa shape index (κ1) is 9.52. The van der Waals surface area contributed by atoms with Crippen LogP contribution in [-0.4, -0.2) is 17.5 Å². The van der Waals surface area contributed by atoms with E-state index in [9.17, 15) is 0 Å². The minimum absolute atomic E-state index is 0.586. The van der Waals surface area contributed by atoms with Gasteiger partial charge < -0.3 is 16.8 Å². The van der Waals surface area contributed by atoms with E-state index in [1.54, 1.807) is 0 Å². The van der Waals surface area contributed by atoms with Crippen LogP contribution in [0.5, 0.6) is 0 Å². The zero-order valence-electron chi connectivity index (χ0n) is 7.99. The van der Waals surface area contributed by atoms with Crippen LogP contribution in [0.4, 0.5) is 17.1 Å². The Balaban J connectivity index is 2.05. The molecule has 1 aliphatic heterocycles. The molecule has 2 rings (SSSR count). The topological polar surface area (TPSA) is 64.1 Å². The standard InChI is InChI=1S/C10H15N3S/c11-9-2-1-7(5-10(9)12)13-8-3-4-14-6-8/h1-2,5,8,13H,3-4,6,11-12H2. The van der Waals surface area contributed by atoms with Crippen LogP contribution in [0, 0.1) is 0 Å². The molecule has 14 heavy (non-hydrogen) atoms. The molecule has 0 radical (unpaired) electrons. The van der Waals surface area contributed by atoms with Crippen molar-refractivity contribution in [2.45, 2.75) is 12.5 Å². The molecule has 1 saturated heterocycles. The van der Waals surface area contributed by atoms with Gasteiger partial charge >= 0.3 is 0 Å². The lowest BCUT2D eigenvalue weighted by Gasteiger charge is -2.13. The van der Waals surface area contributed by atoms with E-state index in [-0.39, 0.29) is 0 Å². The Kier molecular flexibility index (Phi) is 2.72. The van der Waals surface area contributed by atoms with Crippen LogP contribution < -0.4 is 16.8 Å². The number of nitrogen functional groups attached to an aromatic ring is 2. The monoisotopic (exact) mass is 209 g/mol. The van der Waals surface area contributed by atoms with E-state index < -0.39 is 0 Å². The van der Waals surface area contributed by atoms with E-state index >= 15 is 0 Å². The van der Waals surface area contributed by atoms with Gasteiger partial charge in [0.2, 0.25) is 0 Å². The molecule has 1 aliphatic rings. The molecule has 1 aromatic carbocycles. The second-order valence-electron chi connectivity index (χ2n) is 3.55. The number of hydrogen-bond acceptors (Lipinski definition) is 4. The van der Waals surface area contributed by atoms with Gasteiger partial charge in [0.1, 0.15) is 0 Å². The van der Waals surface area contributed by atoms with Gasteiger partial charge in [0.25, 0.3) is 0 Å². The molecule has 1 fully saturated rings. The Bertz CT molecular complexity index is 321. The van der Waals surface area contributed by atoms with Crippen molar-refractivity contribution in [3.8, 4) is 0 Å². The molecular weight excluding hydrogens is 194 g/mol. The summed E-state index contributed by atoms with van der Waals surface area (Å²) in [5, 5.41) is 3.45. The summed E-state index contributed by atoms with van der Waals surface area (Å²) in [7, 11) is 0. The maximum atomic E-state index is 5.72. The van der Waals surface area contributed by atoms with Crippen molar-refractivity contribution in [1.29, 1.82) is 0 Å². The molecule has 0 aliphatic carbocycles. The van der Waals surface area contributed by atoms with Gasteiger partial charge in [-0.3, -0.25) is 0 Å². The summed E-state index contributed by atoms with van der Waals surface area (Å²) in [6.45, 7) is 0. The molecule has 0 saturated carbocycles. The molecule has 3 nitrogen and oxygen atoms in total. The van der Waals surface area contributed by atoms with Gasteiger partial charge in [-0.25, -0.2) is 0 Å². The third kappa shape index (κ3) is 2.07. The van der Waals surface area contributed by atoms with Gasteiger partial charge in [0.05, 0.1) is 11.4 Å². The zero-order chi connectivity index (χ0) is 9.97. The normalized spacial score (nSPS) is 21.0. The molecule has 0 aromatic heterocycles. The highest BCUT2D eigenvalue weighted by molar-refractivity contribution is 7.99. The predicted octanol–water partition coefficient (Wildman–Crippen LogP) is 1.77. The molecule has 5 N–H and O–H groups in total. The molecule has 1 unspecified atom stereocenters. The number of nitrogens with one attached hydrogen (secondary N) is 1. The molecule has 76 valence electrons. The van der Waals surface area contributed by atoms with Crippen molar-refractivity contribution in [3.05, 3.63) is 18.2 Å². The zero-order valence-corrected chi connectivity index (χ0v) is 8.81. The minimum Gasteiger partial charge on any atom is -0.397 e. The third-order valence-electron chi connectivity index (χ3n) is 2.39. The predicted molar refractivity (Wildman–Crippen MR) is 64.6 cm³/mol. The Morgan fingerprint density at radius 2 is 2.14 bits per heavy atom. The van der Waals surface area contributed by atoms with Crippen LogP contribution in [-0.2, 0) is 0 Å². The van der Waals surface area contributed by atoms with Gasteiger partial charge in [0.15, 0.2) is 0 Å². The Labute approximate surface area is 88.2 Å². The van der Waals surface area contributed by atoms with Crippen molar-refractivity contribution in [2.75, 3.05) is 28.3 Å². The molecule has 0 amide bonds. The highest BCUT2D eigenvalue weighted by Crippen LogP contribution is 2.24. The minimum atomic E-state index is 0.586. The molecule has 1 atom stereocenters. The third-order valence-corrected chi connectivity index (χ3v) is 3.55. The van der Waals surface area contributed by atoms with Crippen LogP contribution >= 0.6 is 11.8 Å². The van der Waals surface area contributed by atoms with E-state index in [4.69, 9.17) is 11.5 Å². The maximum Gasteiger partial charge on any atom is 0.0568 e. The quantitative estimate of drug-likeness (QED) is 0.649. The van der Waals surface area contributed by atoms with E-state index in [1.807, 2.05) is 30.0 Å². The number of rotatable bonds is 2. The highest BCUT2D eigenvalue weighted by Gasteiger charge is 2.14. The fourth-order valence-electron chi connectivity index (χ4n) is 1.55. The summed E-state index contributed by atoms with van der Waals surface area (Å²) in [5.74, 6) is 2.44. The first-order valence-corrected chi connectivity index (χ1v) is 5.90. The molecule has 1 heterocycles. The van der Waals surface area contributed by atoms with Crippen molar-refractivity contribution < 1.29 is 0 Å². The second-order valence-corrected chi connectivity index (χ2v) is 4.70. The van der Waals surface area contributed by atoms with Crippen molar-refractivity contribution in [1.82, 2.24) is 0 Å². The average molecular weight is 209 g/mol. The van der Waals surface area contributed by atoms with Crippen LogP contribution in [0.2, 0.25) is 0 Å². The largest absolute Gasteiger partial charge is 0.397 e. The average Bonchev–Trinajstić information content (AvgIpc) is 2.64. The summed E-state index contributed by atoms with van der Waals surface area (Å²) in [6, 6.07) is 6.32. The van der Waals surface area contributed by atoms with Gasteiger partial charge in [-0.05, 0) is 30.4 Å². The van der Waals surface area contributed by atoms with E-state index in [0.717, 1.165) is 5.69 Å². The summed E-state index contributed by atoms with van der Waals surface area (Å²) in [6.07, 6.45) is 1.23. The van der Waals surface area contributed by atoms with E-state index in [1.165, 1.54) is 17.9 Å². The maximum absolute atomic E-state index is 5.72. The number of nitrogens with two attached hydrogens (primary N) is 2. The number of benzene rings is 1. The SMILES string of the molecule is Nc1ccc(NC2CCSC2)cc1N. The summed E-state index contributed by atoms with van der Waals surface area (Å²) in [4.78, 5) is 0. The van der Waals surface area contributed by atoms with Crippen molar-refractivity contribution in [2.24, 2.45) is 0 Å². The lowest BCUT2D eigenvalue weighted by molar-refractivity contribution is 0.813. The van der Waals surface area contributed by atoms with Crippen LogP contribution in [0.25, 0.3) is 0 Å². The number of hydrogen-bond donors (Lipinski definition) is 3. The molecular formula is C10H15N3S. The fourth-order valence-corrected chi connectivity index (χ4v) is 2.70. The summed E-state index contributed by atoms with van der Waals surface area (Å²) in [5.41, 5.74) is 13.7. The van der Waals surface area contributed by atoms with E-state index in [2.05, 4.69) is 5.32 Å². The molecule has 0 spiro atoms. The second kappa shape index (κ2) is 4.00. The summed E-state index contributed by atoms with van der Waals surface area (Å²) >= 11 is 1.99. The fraction of sp³-hybridized carbons (Fsp3) is 0.400. The summed E-state index contributed by atoms with van der Waals surface area (Å²) < 4.78 is 0. The first-order valence-electron chi connectivity index (χ1n) is 4.75. The Morgan fingerprint density at radius 3 is 2.79 bits per heavy atom. The Morgan fingerprint density at radius 1 is 1.29 bits per heavy atom. The lowest BCUT2D eigenvalue weighted by atomic mass is 10.2. The van der Waals surface area contributed by atoms with Crippen LogP contribution in [0.3, 0.4) is 0 Å². The van der Waals surface area contributed by atoms with Crippen LogP contribution in [0.1, 0.15) is 6.42 Å². The number of anilines is 3. The smallest absolute Gasteiger partial charge is 0.0568 e. The number of thioether (sulfide) groups is 1. The van der Waals surface area contributed by atoms with Gasteiger partial charge in [-0.15, -0.1) is 0 Å². The van der Waals surface area contributed by atoms with Crippen molar-refractivity contribution >= 4 is 28.8 Å².